The summed E-state index contributed by atoms with van der Waals surface area (Å²) >= 11 is 0. The van der Waals surface area contributed by atoms with Gasteiger partial charge in [-0.1, -0.05) is 24.6 Å². The van der Waals surface area contributed by atoms with Crippen molar-refractivity contribution in [2.45, 2.75) is 24.2 Å². The van der Waals surface area contributed by atoms with Crippen LogP contribution >= 0.6 is 0 Å². The molecule has 1 N–H and O–H groups in total. The molecule has 8 nitrogen and oxygen atoms in total. The summed E-state index contributed by atoms with van der Waals surface area (Å²) in [5.41, 5.74) is 0.411. The molecule has 1 aliphatic rings. The van der Waals surface area contributed by atoms with E-state index in [1.165, 1.54) is 28.6 Å². The van der Waals surface area contributed by atoms with Crippen LogP contribution in [0.5, 0.6) is 5.75 Å². The number of hydrogen-bond donors (Lipinski definition) is 1. The molecule has 0 radical (unpaired) electrons. The van der Waals surface area contributed by atoms with Crippen LogP contribution in [0.3, 0.4) is 0 Å². The van der Waals surface area contributed by atoms with E-state index in [1.54, 1.807) is 24.3 Å². The minimum Gasteiger partial charge on any atom is -0.482 e. The van der Waals surface area contributed by atoms with E-state index < -0.39 is 28.5 Å². The first-order valence-corrected chi connectivity index (χ1v) is 11.1. The van der Waals surface area contributed by atoms with Crippen molar-refractivity contribution >= 4 is 27.6 Å². The van der Waals surface area contributed by atoms with Gasteiger partial charge in [0.15, 0.2) is 13.2 Å². The summed E-state index contributed by atoms with van der Waals surface area (Å²) in [5.74, 6) is -0.676. The smallest absolute Gasteiger partial charge is 0.344 e. The number of rotatable bonds is 8. The van der Waals surface area contributed by atoms with Gasteiger partial charge in [0.05, 0.1) is 4.90 Å². The Labute approximate surface area is 175 Å². The zero-order valence-electron chi connectivity index (χ0n) is 16.5. The third kappa shape index (κ3) is 6.04. The van der Waals surface area contributed by atoms with Gasteiger partial charge in [-0.15, -0.1) is 0 Å². The summed E-state index contributed by atoms with van der Waals surface area (Å²) in [7, 11) is -3.52. The van der Waals surface area contributed by atoms with Gasteiger partial charge in [-0.3, -0.25) is 4.79 Å². The van der Waals surface area contributed by atoms with E-state index in [1.807, 2.05) is 6.07 Å². The first-order chi connectivity index (χ1) is 14.4. The third-order valence-corrected chi connectivity index (χ3v) is 6.47. The highest BCUT2D eigenvalue weighted by Gasteiger charge is 2.25. The van der Waals surface area contributed by atoms with Gasteiger partial charge >= 0.3 is 5.97 Å². The van der Waals surface area contributed by atoms with Gasteiger partial charge < -0.3 is 14.8 Å². The van der Waals surface area contributed by atoms with Crippen molar-refractivity contribution in [2.75, 3.05) is 31.6 Å². The van der Waals surface area contributed by atoms with Crippen molar-refractivity contribution in [3.8, 4) is 5.75 Å². The van der Waals surface area contributed by atoms with Crippen LogP contribution in [-0.2, 0) is 24.3 Å². The predicted molar refractivity (Wildman–Crippen MR) is 111 cm³/mol. The fourth-order valence-electron chi connectivity index (χ4n) is 3.01. The molecule has 0 bridgehead atoms. The number of nitrogens with one attached hydrogen (secondary N) is 1. The summed E-state index contributed by atoms with van der Waals surface area (Å²) in [5, 5.41) is 2.56. The number of amides is 1. The van der Waals surface area contributed by atoms with Crippen LogP contribution in [0.15, 0.2) is 59.5 Å². The highest BCUT2D eigenvalue weighted by molar-refractivity contribution is 7.89. The maximum Gasteiger partial charge on any atom is 0.344 e. The number of para-hydroxylation sites is 1. The van der Waals surface area contributed by atoms with Gasteiger partial charge in [0.2, 0.25) is 10.0 Å². The fraction of sp³-hybridized carbons (Fsp3) is 0.333. The van der Waals surface area contributed by atoms with E-state index in [-0.39, 0.29) is 11.5 Å². The molecular weight excluding hydrogens is 408 g/mol. The van der Waals surface area contributed by atoms with Crippen molar-refractivity contribution in [3.63, 3.8) is 0 Å². The predicted octanol–water partition coefficient (Wildman–Crippen LogP) is 2.42. The lowest BCUT2D eigenvalue weighted by molar-refractivity contribution is -0.149. The van der Waals surface area contributed by atoms with Gasteiger partial charge in [-0.2, -0.15) is 4.31 Å². The highest BCUT2D eigenvalue weighted by atomic mass is 32.2. The number of carbonyl (C=O) groups excluding carboxylic acids is 2. The first kappa shape index (κ1) is 21.8. The Hall–Kier alpha value is -2.91. The quantitative estimate of drug-likeness (QED) is 0.643. The van der Waals surface area contributed by atoms with E-state index >= 15 is 0 Å². The molecule has 160 valence electrons. The summed E-state index contributed by atoms with van der Waals surface area (Å²) in [6.45, 7) is 0.283. The molecule has 0 aromatic heterocycles. The normalized spacial score (nSPS) is 14.7. The van der Waals surface area contributed by atoms with Crippen LogP contribution < -0.4 is 10.1 Å². The summed E-state index contributed by atoms with van der Waals surface area (Å²) in [6, 6.07) is 14.7. The Morgan fingerprint density at radius 3 is 2.23 bits per heavy atom. The third-order valence-electron chi connectivity index (χ3n) is 4.56. The summed E-state index contributed by atoms with van der Waals surface area (Å²) < 4.78 is 36.9. The maximum absolute atomic E-state index is 12.6. The van der Waals surface area contributed by atoms with Crippen molar-refractivity contribution in [1.29, 1.82) is 0 Å². The number of anilines is 1. The van der Waals surface area contributed by atoms with Crippen molar-refractivity contribution in [2.24, 2.45) is 0 Å². The molecule has 30 heavy (non-hydrogen) atoms. The molecule has 0 saturated carbocycles. The number of piperidine rings is 1. The molecule has 2 aromatic rings. The van der Waals surface area contributed by atoms with E-state index in [0.717, 1.165) is 19.3 Å². The lowest BCUT2D eigenvalue weighted by Gasteiger charge is -2.25. The van der Waals surface area contributed by atoms with E-state index in [2.05, 4.69) is 5.32 Å². The van der Waals surface area contributed by atoms with Gasteiger partial charge in [-0.05, 0) is 49.2 Å². The van der Waals surface area contributed by atoms with E-state index in [4.69, 9.17) is 9.47 Å². The highest BCUT2D eigenvalue weighted by Crippen LogP contribution is 2.22. The molecule has 1 aliphatic heterocycles. The fourth-order valence-corrected chi connectivity index (χ4v) is 4.53. The zero-order valence-corrected chi connectivity index (χ0v) is 17.3. The Morgan fingerprint density at radius 2 is 1.57 bits per heavy atom. The average molecular weight is 432 g/mol. The zero-order chi connectivity index (χ0) is 21.4. The van der Waals surface area contributed by atoms with Crippen molar-refractivity contribution < 1.29 is 27.5 Å². The minimum absolute atomic E-state index is 0.187. The molecule has 0 unspecified atom stereocenters. The van der Waals surface area contributed by atoms with Crippen LogP contribution in [0.4, 0.5) is 5.69 Å². The molecule has 1 saturated heterocycles. The summed E-state index contributed by atoms with van der Waals surface area (Å²) in [4.78, 5) is 23.8. The topological polar surface area (TPSA) is 102 Å². The molecule has 0 atom stereocenters. The van der Waals surface area contributed by atoms with Crippen molar-refractivity contribution in [1.82, 2.24) is 4.31 Å². The van der Waals surface area contributed by atoms with Gasteiger partial charge in [-0.25, -0.2) is 13.2 Å². The Morgan fingerprint density at radius 1 is 0.900 bits per heavy atom. The number of esters is 1. The number of benzene rings is 2. The molecule has 0 aliphatic carbocycles. The number of carbonyl (C=O) groups is 2. The van der Waals surface area contributed by atoms with Crippen LogP contribution in [0, 0.1) is 0 Å². The van der Waals surface area contributed by atoms with Crippen LogP contribution in [-0.4, -0.2) is 50.9 Å². The molecule has 3 rings (SSSR count). The monoisotopic (exact) mass is 432 g/mol. The summed E-state index contributed by atoms with van der Waals surface area (Å²) in [6.07, 6.45) is 2.77. The molecular formula is C21H24N2O6S. The van der Waals surface area contributed by atoms with Crippen LogP contribution in [0.25, 0.3) is 0 Å². The SMILES string of the molecule is O=C(COC(=O)COc1ccccc1)Nc1ccc(S(=O)(=O)N2CCCCC2)cc1. The second-order valence-electron chi connectivity index (χ2n) is 6.80. The van der Waals surface area contributed by atoms with Gasteiger partial charge in [0.25, 0.3) is 5.91 Å². The molecule has 1 fully saturated rings. The maximum atomic E-state index is 12.6. The number of sulfonamides is 1. The second-order valence-corrected chi connectivity index (χ2v) is 8.74. The van der Waals surface area contributed by atoms with E-state index in [0.29, 0.717) is 24.5 Å². The Kier molecular flexibility index (Phi) is 7.42. The number of nitrogens with zero attached hydrogens (tertiary/aromatic N) is 1. The molecule has 2 aromatic carbocycles. The van der Waals surface area contributed by atoms with E-state index in [9.17, 15) is 18.0 Å². The average Bonchev–Trinajstić information content (AvgIpc) is 2.78. The molecule has 1 amide bonds. The Balaban J connectivity index is 1.45. The van der Waals surface area contributed by atoms with Gasteiger partial charge in [0.1, 0.15) is 5.75 Å². The van der Waals surface area contributed by atoms with Gasteiger partial charge in [0, 0.05) is 18.8 Å². The lowest BCUT2D eigenvalue weighted by atomic mass is 10.2. The van der Waals surface area contributed by atoms with Crippen LogP contribution in [0.1, 0.15) is 19.3 Å². The molecule has 1 heterocycles. The number of ether oxygens (including phenoxy) is 2. The molecule has 9 heteroatoms. The Bertz CT molecular complexity index is 955. The minimum atomic E-state index is -3.52. The van der Waals surface area contributed by atoms with Crippen LogP contribution in [0.2, 0.25) is 0 Å². The standard InChI is InChI=1S/C21H24N2O6S/c24-20(15-29-21(25)16-28-18-7-3-1-4-8-18)22-17-9-11-19(12-10-17)30(26,27)23-13-5-2-6-14-23/h1,3-4,7-12H,2,5-6,13-16H2,(H,22,24). The number of hydrogen-bond acceptors (Lipinski definition) is 6. The second kappa shape index (κ2) is 10.2. The lowest BCUT2D eigenvalue weighted by Crippen LogP contribution is -2.35. The first-order valence-electron chi connectivity index (χ1n) is 9.69. The van der Waals surface area contributed by atoms with Crippen molar-refractivity contribution in [3.05, 3.63) is 54.6 Å². The largest absolute Gasteiger partial charge is 0.482 e. The molecule has 0 spiro atoms.